The van der Waals surface area contributed by atoms with E-state index >= 15 is 0 Å². The number of nitro groups is 1. The molecular formula is C16H15N5O3S. The van der Waals surface area contributed by atoms with Gasteiger partial charge in [0.2, 0.25) is 5.17 Å². The zero-order valence-corrected chi connectivity index (χ0v) is 14.4. The normalized spacial score (nSPS) is 18.5. The van der Waals surface area contributed by atoms with Crippen molar-refractivity contribution in [2.45, 2.75) is 20.3 Å². The molecule has 0 aliphatic carbocycles. The van der Waals surface area contributed by atoms with E-state index in [1.807, 2.05) is 0 Å². The van der Waals surface area contributed by atoms with Crippen molar-refractivity contribution in [3.05, 3.63) is 45.5 Å². The molecule has 0 unspecified atom stereocenters. The van der Waals surface area contributed by atoms with Gasteiger partial charge in [-0.3, -0.25) is 20.3 Å². The van der Waals surface area contributed by atoms with Crippen molar-refractivity contribution in [3.63, 3.8) is 0 Å². The lowest BCUT2D eigenvalue weighted by Gasteiger charge is -2.20. The average molecular weight is 357 g/mol. The van der Waals surface area contributed by atoms with Crippen LogP contribution in [-0.2, 0) is 4.79 Å². The van der Waals surface area contributed by atoms with Crippen molar-refractivity contribution in [1.82, 2.24) is 5.01 Å². The first-order valence-corrected chi connectivity index (χ1v) is 8.40. The number of thioether (sulfide) groups is 1. The van der Waals surface area contributed by atoms with Crippen molar-refractivity contribution in [1.29, 1.82) is 5.41 Å². The molecule has 1 N–H and O–H groups in total. The number of aliphatic imine (C=N–C) groups is 1. The summed E-state index contributed by atoms with van der Waals surface area (Å²) in [6.07, 6.45) is 2.17. The fourth-order valence-electron chi connectivity index (χ4n) is 2.36. The summed E-state index contributed by atoms with van der Waals surface area (Å²) in [5.74, 6) is -0.220. The molecule has 0 saturated heterocycles. The van der Waals surface area contributed by atoms with Gasteiger partial charge >= 0.3 is 0 Å². The molecule has 1 amide bonds. The van der Waals surface area contributed by atoms with Gasteiger partial charge in [-0.1, -0.05) is 26.0 Å². The van der Waals surface area contributed by atoms with Crippen LogP contribution in [-0.4, -0.2) is 31.9 Å². The molecule has 2 aliphatic rings. The van der Waals surface area contributed by atoms with Crippen molar-refractivity contribution >= 4 is 45.5 Å². The number of nitro benzene ring substituents is 1. The highest BCUT2D eigenvalue weighted by Gasteiger charge is 2.35. The van der Waals surface area contributed by atoms with E-state index in [1.165, 1.54) is 41.0 Å². The minimum atomic E-state index is -0.545. The van der Waals surface area contributed by atoms with E-state index in [0.29, 0.717) is 16.6 Å². The smallest absolute Gasteiger partial charge is 0.282 e. The maximum atomic E-state index is 12.3. The van der Waals surface area contributed by atoms with Gasteiger partial charge in [0.25, 0.3) is 11.6 Å². The SMILES string of the molecule is CC(C)CC1=NN2C(=N)/C(=C/c3cccc([N+](=O)[O-])c3)C(=O)N=C2S1. The Bertz CT molecular complexity index is 872. The number of fused-ring (bicyclic) bond motifs is 1. The highest BCUT2D eigenvalue weighted by molar-refractivity contribution is 8.26. The molecule has 128 valence electrons. The molecule has 2 aliphatic heterocycles. The molecule has 0 radical (unpaired) electrons. The number of amidine groups is 2. The number of carbonyl (C=O) groups excluding carboxylic acids is 1. The van der Waals surface area contributed by atoms with Crippen molar-refractivity contribution in [2.24, 2.45) is 16.0 Å². The zero-order valence-electron chi connectivity index (χ0n) is 13.6. The Hall–Kier alpha value is -2.81. The van der Waals surface area contributed by atoms with E-state index < -0.39 is 10.8 Å². The second-order valence-corrected chi connectivity index (χ2v) is 7.00. The Kier molecular flexibility index (Phi) is 4.49. The van der Waals surface area contributed by atoms with Gasteiger partial charge in [-0.2, -0.15) is 15.1 Å². The third-order valence-corrected chi connectivity index (χ3v) is 4.40. The largest absolute Gasteiger partial charge is 0.283 e. The molecule has 0 spiro atoms. The quantitative estimate of drug-likeness (QED) is 0.505. The minimum absolute atomic E-state index is 0.0550. The summed E-state index contributed by atoms with van der Waals surface area (Å²) >= 11 is 1.29. The first-order chi connectivity index (χ1) is 11.8. The summed E-state index contributed by atoms with van der Waals surface area (Å²) in [6.45, 7) is 4.12. The predicted octanol–water partition coefficient (Wildman–Crippen LogP) is 3.26. The Morgan fingerprint density at radius 1 is 1.44 bits per heavy atom. The van der Waals surface area contributed by atoms with Gasteiger partial charge < -0.3 is 0 Å². The highest BCUT2D eigenvalue weighted by Crippen LogP contribution is 2.30. The molecule has 25 heavy (non-hydrogen) atoms. The van der Waals surface area contributed by atoms with Crippen LogP contribution in [0.5, 0.6) is 0 Å². The maximum Gasteiger partial charge on any atom is 0.283 e. The monoisotopic (exact) mass is 357 g/mol. The van der Waals surface area contributed by atoms with Crippen LogP contribution in [0.4, 0.5) is 5.69 Å². The van der Waals surface area contributed by atoms with Crippen LogP contribution in [0.1, 0.15) is 25.8 Å². The Morgan fingerprint density at radius 3 is 2.88 bits per heavy atom. The molecule has 1 aromatic carbocycles. The summed E-state index contributed by atoms with van der Waals surface area (Å²) in [5, 5.41) is 26.0. The minimum Gasteiger partial charge on any atom is -0.282 e. The Balaban J connectivity index is 1.93. The fraction of sp³-hybridized carbons (Fsp3) is 0.250. The number of hydrogen-bond acceptors (Lipinski definition) is 6. The van der Waals surface area contributed by atoms with Gasteiger partial charge in [-0.15, -0.1) is 0 Å². The van der Waals surface area contributed by atoms with Crippen LogP contribution >= 0.6 is 11.8 Å². The third-order valence-electron chi connectivity index (χ3n) is 3.47. The van der Waals surface area contributed by atoms with Gasteiger partial charge in [-0.05, 0) is 29.3 Å². The lowest BCUT2D eigenvalue weighted by Crippen LogP contribution is -2.35. The van der Waals surface area contributed by atoms with E-state index in [1.54, 1.807) is 6.07 Å². The van der Waals surface area contributed by atoms with E-state index in [0.717, 1.165) is 11.5 Å². The number of amides is 1. The molecule has 0 atom stereocenters. The first-order valence-electron chi connectivity index (χ1n) is 7.58. The second kappa shape index (κ2) is 6.60. The fourth-order valence-corrected chi connectivity index (χ4v) is 3.46. The zero-order chi connectivity index (χ0) is 18.1. The van der Waals surface area contributed by atoms with Crippen LogP contribution in [0.25, 0.3) is 6.08 Å². The number of carbonyl (C=O) groups is 1. The molecule has 2 heterocycles. The summed E-state index contributed by atoms with van der Waals surface area (Å²) in [5.41, 5.74) is 0.431. The lowest BCUT2D eigenvalue weighted by atomic mass is 10.1. The summed E-state index contributed by atoms with van der Waals surface area (Å²) in [7, 11) is 0. The number of rotatable bonds is 4. The number of hydrazone groups is 1. The Morgan fingerprint density at radius 2 is 2.20 bits per heavy atom. The van der Waals surface area contributed by atoms with Crippen LogP contribution < -0.4 is 0 Å². The van der Waals surface area contributed by atoms with Gasteiger partial charge in [0.15, 0.2) is 5.84 Å². The van der Waals surface area contributed by atoms with Crippen LogP contribution in [0.2, 0.25) is 0 Å². The number of non-ortho nitro benzene ring substituents is 1. The number of nitrogens with zero attached hydrogens (tertiary/aromatic N) is 4. The maximum absolute atomic E-state index is 12.3. The van der Waals surface area contributed by atoms with E-state index in [9.17, 15) is 14.9 Å². The average Bonchev–Trinajstić information content (AvgIpc) is 2.93. The van der Waals surface area contributed by atoms with Gasteiger partial charge in [-0.25, -0.2) is 0 Å². The lowest BCUT2D eigenvalue weighted by molar-refractivity contribution is -0.384. The summed E-state index contributed by atoms with van der Waals surface area (Å²) in [4.78, 5) is 26.6. The molecule has 1 aromatic rings. The van der Waals surface area contributed by atoms with Crippen molar-refractivity contribution in [2.75, 3.05) is 0 Å². The molecule has 8 nitrogen and oxygen atoms in total. The number of benzene rings is 1. The number of hydrogen-bond donors (Lipinski definition) is 1. The van der Waals surface area contributed by atoms with Gasteiger partial charge in [0, 0.05) is 18.6 Å². The molecule has 9 heteroatoms. The van der Waals surface area contributed by atoms with Crippen molar-refractivity contribution in [3.8, 4) is 0 Å². The van der Waals surface area contributed by atoms with Crippen LogP contribution in [0.3, 0.4) is 0 Å². The molecular weight excluding hydrogens is 342 g/mol. The van der Waals surface area contributed by atoms with Crippen LogP contribution in [0.15, 0.2) is 39.9 Å². The number of nitrogens with one attached hydrogen (secondary N) is 1. The second-order valence-electron chi connectivity index (χ2n) is 5.96. The molecule has 0 aromatic heterocycles. The van der Waals surface area contributed by atoms with Crippen molar-refractivity contribution < 1.29 is 9.72 Å². The van der Waals surface area contributed by atoms with E-state index in [-0.39, 0.29) is 17.1 Å². The summed E-state index contributed by atoms with van der Waals surface area (Å²) in [6, 6.07) is 5.87. The van der Waals surface area contributed by atoms with Crippen LogP contribution in [0, 0.1) is 21.4 Å². The van der Waals surface area contributed by atoms with Gasteiger partial charge in [0.05, 0.1) is 10.5 Å². The molecule has 3 rings (SSSR count). The highest BCUT2D eigenvalue weighted by atomic mass is 32.2. The molecule has 0 saturated carbocycles. The van der Waals surface area contributed by atoms with E-state index in [2.05, 4.69) is 23.9 Å². The Labute approximate surface area is 148 Å². The topological polar surface area (TPSA) is 112 Å². The molecule has 0 bridgehead atoms. The molecule has 0 fully saturated rings. The first kappa shape index (κ1) is 17.0. The van der Waals surface area contributed by atoms with Gasteiger partial charge in [0.1, 0.15) is 5.04 Å². The summed E-state index contributed by atoms with van der Waals surface area (Å²) < 4.78 is 0. The standard InChI is InChI=1S/C16H15N5O3S/c1-9(2)6-13-19-20-14(17)12(15(22)18-16(20)25-13)8-10-4-3-5-11(7-10)21(23)24/h3-5,7-9,17H,6H2,1-2H3/b12-8-,17-14?. The third kappa shape index (κ3) is 3.50. The predicted molar refractivity (Wildman–Crippen MR) is 97.6 cm³/mol. The van der Waals surface area contributed by atoms with E-state index in [4.69, 9.17) is 5.41 Å².